The maximum Gasteiger partial charge on any atom is 0.251 e. The molecule has 0 aliphatic rings. The van der Waals surface area contributed by atoms with Crippen LogP contribution in [0.25, 0.3) is 0 Å². The van der Waals surface area contributed by atoms with Crippen LogP contribution in [-0.4, -0.2) is 22.7 Å². The second-order valence-corrected chi connectivity index (χ2v) is 5.37. The van der Waals surface area contributed by atoms with E-state index in [2.05, 4.69) is 5.32 Å². The molecular formula is C16H19NO4. The van der Waals surface area contributed by atoms with E-state index in [1.807, 2.05) is 0 Å². The number of aryl methyl sites for hydroxylation is 2. The molecule has 3 N–H and O–H groups in total. The van der Waals surface area contributed by atoms with E-state index in [4.69, 9.17) is 4.42 Å². The van der Waals surface area contributed by atoms with Crippen molar-refractivity contribution in [3.63, 3.8) is 0 Å². The molecule has 2 aromatic rings. The second kappa shape index (κ2) is 5.61. The lowest BCUT2D eigenvalue weighted by Gasteiger charge is -2.21. The molecule has 1 amide bonds. The van der Waals surface area contributed by atoms with Crippen molar-refractivity contribution < 1.29 is 19.4 Å². The molecule has 0 aliphatic carbocycles. The van der Waals surface area contributed by atoms with Gasteiger partial charge in [-0.1, -0.05) is 6.07 Å². The summed E-state index contributed by atoms with van der Waals surface area (Å²) in [6, 6.07) is 8.12. The first-order chi connectivity index (χ1) is 9.79. The van der Waals surface area contributed by atoms with E-state index in [0.29, 0.717) is 22.6 Å². The highest BCUT2D eigenvalue weighted by molar-refractivity contribution is 5.94. The molecule has 0 radical (unpaired) electrons. The Kier molecular flexibility index (Phi) is 4.04. The minimum Gasteiger partial charge on any atom is -0.508 e. The standard InChI is InChI=1S/C16H19NO4/c1-10-4-6-12(8-13(10)18)15(19)17-9-16(3,20)14-7-5-11(2)21-14/h4-8,18,20H,9H2,1-3H3,(H,17,19). The van der Waals surface area contributed by atoms with Crippen molar-refractivity contribution in [3.05, 3.63) is 53.0 Å². The minimum absolute atomic E-state index is 0.00737. The molecule has 112 valence electrons. The Balaban J connectivity index is 2.04. The third kappa shape index (κ3) is 3.44. The number of benzene rings is 1. The second-order valence-electron chi connectivity index (χ2n) is 5.37. The third-order valence-corrected chi connectivity index (χ3v) is 3.34. The summed E-state index contributed by atoms with van der Waals surface area (Å²) in [5, 5.41) is 22.6. The van der Waals surface area contributed by atoms with E-state index in [0.717, 1.165) is 0 Å². The summed E-state index contributed by atoms with van der Waals surface area (Å²) in [7, 11) is 0. The van der Waals surface area contributed by atoms with Crippen LogP contribution < -0.4 is 5.32 Å². The quantitative estimate of drug-likeness (QED) is 0.806. The first-order valence-corrected chi connectivity index (χ1v) is 6.67. The van der Waals surface area contributed by atoms with Crippen molar-refractivity contribution in [2.45, 2.75) is 26.4 Å². The number of furan rings is 1. The number of aliphatic hydroxyl groups is 1. The molecular weight excluding hydrogens is 270 g/mol. The number of hydrogen-bond donors (Lipinski definition) is 3. The van der Waals surface area contributed by atoms with Gasteiger partial charge in [-0.2, -0.15) is 0 Å². The normalized spacial score (nSPS) is 13.7. The summed E-state index contributed by atoms with van der Waals surface area (Å²) in [6.45, 7) is 5.11. The van der Waals surface area contributed by atoms with Gasteiger partial charge in [-0.05, 0) is 50.6 Å². The van der Waals surface area contributed by atoms with Crippen molar-refractivity contribution in [1.82, 2.24) is 5.32 Å². The fraction of sp³-hybridized carbons (Fsp3) is 0.312. The zero-order valence-electron chi connectivity index (χ0n) is 12.3. The average molecular weight is 289 g/mol. The molecule has 0 fully saturated rings. The number of phenolic OH excluding ortho intramolecular Hbond substituents is 1. The monoisotopic (exact) mass is 289 g/mol. The lowest BCUT2D eigenvalue weighted by molar-refractivity contribution is 0.0323. The Bertz CT molecular complexity index is 658. The summed E-state index contributed by atoms with van der Waals surface area (Å²) in [5.74, 6) is 0.789. The maximum atomic E-state index is 12.0. The molecule has 0 saturated carbocycles. The number of carbonyl (C=O) groups is 1. The molecule has 2 rings (SSSR count). The number of hydrogen-bond acceptors (Lipinski definition) is 4. The molecule has 0 aliphatic heterocycles. The minimum atomic E-state index is -1.29. The zero-order valence-corrected chi connectivity index (χ0v) is 12.3. The SMILES string of the molecule is Cc1ccc(C(C)(O)CNC(=O)c2ccc(C)c(O)c2)o1. The van der Waals surface area contributed by atoms with Crippen molar-refractivity contribution in [1.29, 1.82) is 0 Å². The summed E-state index contributed by atoms with van der Waals surface area (Å²) in [6.07, 6.45) is 0. The Labute approximate surface area is 123 Å². The summed E-state index contributed by atoms with van der Waals surface area (Å²) in [4.78, 5) is 12.0. The van der Waals surface area contributed by atoms with Crippen molar-refractivity contribution in [2.24, 2.45) is 0 Å². The fourth-order valence-corrected chi connectivity index (χ4v) is 1.92. The molecule has 0 bridgehead atoms. The van der Waals surface area contributed by atoms with E-state index in [1.54, 1.807) is 45.0 Å². The van der Waals surface area contributed by atoms with Crippen LogP contribution in [0.1, 0.15) is 34.4 Å². The van der Waals surface area contributed by atoms with E-state index < -0.39 is 5.60 Å². The lowest BCUT2D eigenvalue weighted by Crippen LogP contribution is -2.38. The summed E-state index contributed by atoms with van der Waals surface area (Å²) >= 11 is 0. The Morgan fingerprint density at radius 2 is 2.00 bits per heavy atom. The summed E-state index contributed by atoms with van der Waals surface area (Å²) in [5.41, 5.74) is -0.259. The highest BCUT2D eigenvalue weighted by Crippen LogP contribution is 2.22. The molecule has 0 saturated heterocycles. The number of rotatable bonds is 4. The number of nitrogens with one attached hydrogen (secondary N) is 1. The maximum absolute atomic E-state index is 12.0. The Hall–Kier alpha value is -2.27. The zero-order chi connectivity index (χ0) is 15.6. The fourth-order valence-electron chi connectivity index (χ4n) is 1.92. The van der Waals surface area contributed by atoms with Crippen molar-refractivity contribution in [3.8, 4) is 5.75 Å². The van der Waals surface area contributed by atoms with Gasteiger partial charge in [0.15, 0.2) is 0 Å². The largest absolute Gasteiger partial charge is 0.508 e. The van der Waals surface area contributed by atoms with Crippen LogP contribution in [0.15, 0.2) is 34.7 Å². The molecule has 5 heteroatoms. The third-order valence-electron chi connectivity index (χ3n) is 3.34. The smallest absolute Gasteiger partial charge is 0.251 e. The van der Waals surface area contributed by atoms with Gasteiger partial charge < -0.3 is 19.9 Å². The van der Waals surface area contributed by atoms with Gasteiger partial charge in [-0.3, -0.25) is 4.79 Å². The molecule has 1 aromatic heterocycles. The molecule has 1 aromatic carbocycles. The summed E-state index contributed by atoms with van der Waals surface area (Å²) < 4.78 is 5.38. The van der Waals surface area contributed by atoms with Crippen molar-refractivity contribution in [2.75, 3.05) is 6.54 Å². The number of carbonyl (C=O) groups excluding carboxylic acids is 1. The van der Waals surface area contributed by atoms with Gasteiger partial charge in [0.25, 0.3) is 5.91 Å². The van der Waals surface area contributed by atoms with Gasteiger partial charge in [-0.25, -0.2) is 0 Å². The van der Waals surface area contributed by atoms with Crippen LogP contribution in [-0.2, 0) is 5.60 Å². The number of amides is 1. The number of aromatic hydroxyl groups is 1. The van der Waals surface area contributed by atoms with Crippen molar-refractivity contribution >= 4 is 5.91 Å². The first kappa shape index (κ1) is 15.1. The van der Waals surface area contributed by atoms with Gasteiger partial charge in [-0.15, -0.1) is 0 Å². The average Bonchev–Trinajstić information content (AvgIpc) is 2.87. The van der Waals surface area contributed by atoms with Crippen LogP contribution in [0.5, 0.6) is 5.75 Å². The van der Waals surface area contributed by atoms with Crippen LogP contribution in [0.3, 0.4) is 0 Å². The topological polar surface area (TPSA) is 82.7 Å². The molecule has 1 atom stereocenters. The molecule has 5 nitrogen and oxygen atoms in total. The van der Waals surface area contributed by atoms with Gasteiger partial charge in [0, 0.05) is 5.56 Å². The van der Waals surface area contributed by atoms with E-state index in [9.17, 15) is 15.0 Å². The molecule has 0 spiro atoms. The van der Waals surface area contributed by atoms with E-state index >= 15 is 0 Å². The Morgan fingerprint density at radius 1 is 1.29 bits per heavy atom. The highest BCUT2D eigenvalue weighted by atomic mass is 16.4. The lowest BCUT2D eigenvalue weighted by atomic mass is 10.0. The predicted octanol–water partition coefficient (Wildman–Crippen LogP) is 2.24. The Morgan fingerprint density at radius 3 is 2.57 bits per heavy atom. The number of phenols is 1. The highest BCUT2D eigenvalue weighted by Gasteiger charge is 2.27. The van der Waals surface area contributed by atoms with Crippen LogP contribution in [0, 0.1) is 13.8 Å². The molecule has 1 heterocycles. The van der Waals surface area contributed by atoms with Gasteiger partial charge in [0.2, 0.25) is 0 Å². The predicted molar refractivity (Wildman–Crippen MR) is 78.2 cm³/mol. The van der Waals surface area contributed by atoms with E-state index in [-0.39, 0.29) is 18.2 Å². The molecule has 1 unspecified atom stereocenters. The van der Waals surface area contributed by atoms with Crippen LogP contribution in [0.4, 0.5) is 0 Å². The first-order valence-electron chi connectivity index (χ1n) is 6.67. The van der Waals surface area contributed by atoms with Gasteiger partial charge >= 0.3 is 0 Å². The van der Waals surface area contributed by atoms with Crippen LogP contribution in [0.2, 0.25) is 0 Å². The van der Waals surface area contributed by atoms with E-state index in [1.165, 1.54) is 6.07 Å². The van der Waals surface area contributed by atoms with Gasteiger partial charge in [0.05, 0.1) is 6.54 Å². The molecule has 21 heavy (non-hydrogen) atoms. The van der Waals surface area contributed by atoms with Gasteiger partial charge in [0.1, 0.15) is 22.9 Å². The van der Waals surface area contributed by atoms with Crippen LogP contribution >= 0.6 is 0 Å².